The fraction of sp³-hybridized carbons (Fsp3) is 0.462. The van der Waals surface area contributed by atoms with Crippen molar-refractivity contribution < 1.29 is 9.90 Å². The summed E-state index contributed by atoms with van der Waals surface area (Å²) >= 11 is 1.60. The van der Waals surface area contributed by atoms with Crippen LogP contribution in [0.2, 0.25) is 0 Å². The van der Waals surface area contributed by atoms with Gasteiger partial charge in [0.15, 0.2) is 0 Å². The third-order valence-corrected chi connectivity index (χ3v) is 3.28. The summed E-state index contributed by atoms with van der Waals surface area (Å²) in [5, 5.41) is 11.3. The van der Waals surface area contributed by atoms with Gasteiger partial charge in [-0.2, -0.15) is 0 Å². The minimum atomic E-state index is 0.0376. The molecule has 0 aliphatic carbocycles. The molecule has 1 aromatic carbocycles. The van der Waals surface area contributed by atoms with Gasteiger partial charge in [0.05, 0.1) is 5.75 Å². The topological polar surface area (TPSA) is 49.3 Å². The highest BCUT2D eigenvalue weighted by Crippen LogP contribution is 2.12. The molecule has 0 fully saturated rings. The van der Waals surface area contributed by atoms with E-state index in [0.29, 0.717) is 18.7 Å². The molecular formula is C13H19NO2S. The quantitative estimate of drug-likeness (QED) is 0.728. The molecule has 0 radical (unpaired) electrons. The minimum absolute atomic E-state index is 0.0376. The molecule has 0 unspecified atom stereocenters. The minimum Gasteiger partial charge on any atom is -0.396 e. The van der Waals surface area contributed by atoms with Crippen LogP contribution in [-0.4, -0.2) is 29.9 Å². The Bertz CT molecular complexity index is 338. The van der Waals surface area contributed by atoms with Gasteiger partial charge in [0.2, 0.25) is 5.91 Å². The first kappa shape index (κ1) is 14.1. The molecule has 0 atom stereocenters. The Balaban J connectivity index is 2.14. The lowest BCUT2D eigenvalue weighted by Gasteiger charge is -2.04. The molecule has 2 N–H and O–H groups in total. The van der Waals surface area contributed by atoms with E-state index in [-0.39, 0.29) is 12.5 Å². The highest BCUT2D eigenvalue weighted by Gasteiger charge is 2.01. The number of hydrogen-bond donors (Lipinski definition) is 2. The normalized spacial score (nSPS) is 10.2. The number of carbonyl (C=O) groups is 1. The SMILES string of the molecule is Cc1ccc(CSCC(=O)NCCCO)cc1. The Kier molecular flexibility index (Phi) is 6.74. The first-order valence-electron chi connectivity index (χ1n) is 5.73. The fourth-order valence-corrected chi connectivity index (χ4v) is 2.12. The van der Waals surface area contributed by atoms with Crippen molar-refractivity contribution in [3.05, 3.63) is 35.4 Å². The summed E-state index contributed by atoms with van der Waals surface area (Å²) in [5.74, 6) is 1.36. The van der Waals surface area contributed by atoms with Gasteiger partial charge in [-0.1, -0.05) is 29.8 Å². The number of aliphatic hydroxyl groups excluding tert-OH is 1. The van der Waals surface area contributed by atoms with Gasteiger partial charge in [0, 0.05) is 18.9 Å². The number of nitrogens with one attached hydrogen (secondary N) is 1. The highest BCUT2D eigenvalue weighted by molar-refractivity contribution is 7.99. The summed E-state index contributed by atoms with van der Waals surface area (Å²) in [7, 11) is 0. The number of carbonyl (C=O) groups excluding carboxylic acids is 1. The summed E-state index contributed by atoms with van der Waals surface area (Å²) in [6.45, 7) is 2.74. The van der Waals surface area contributed by atoms with Gasteiger partial charge < -0.3 is 10.4 Å². The lowest BCUT2D eigenvalue weighted by atomic mass is 10.2. The number of aryl methyl sites for hydroxylation is 1. The van der Waals surface area contributed by atoms with Gasteiger partial charge in [-0.05, 0) is 18.9 Å². The number of hydrogen-bond acceptors (Lipinski definition) is 3. The molecule has 1 amide bonds. The van der Waals surface area contributed by atoms with E-state index in [1.165, 1.54) is 11.1 Å². The maximum Gasteiger partial charge on any atom is 0.230 e. The molecule has 0 saturated heterocycles. The van der Waals surface area contributed by atoms with Crippen molar-refractivity contribution in [2.45, 2.75) is 19.1 Å². The molecule has 1 rings (SSSR count). The first-order valence-corrected chi connectivity index (χ1v) is 6.88. The van der Waals surface area contributed by atoms with E-state index in [9.17, 15) is 4.79 Å². The van der Waals surface area contributed by atoms with Crippen molar-refractivity contribution in [1.82, 2.24) is 5.32 Å². The average molecular weight is 253 g/mol. The molecule has 0 spiro atoms. The molecule has 17 heavy (non-hydrogen) atoms. The third kappa shape index (κ3) is 6.34. The van der Waals surface area contributed by atoms with Gasteiger partial charge in [-0.3, -0.25) is 4.79 Å². The van der Waals surface area contributed by atoms with Crippen molar-refractivity contribution in [1.29, 1.82) is 0 Å². The second-order valence-corrected chi connectivity index (χ2v) is 4.89. The number of thioether (sulfide) groups is 1. The molecule has 1 aromatic rings. The van der Waals surface area contributed by atoms with Crippen LogP contribution in [0.5, 0.6) is 0 Å². The van der Waals surface area contributed by atoms with Crippen LogP contribution >= 0.6 is 11.8 Å². The molecule has 0 bridgehead atoms. The summed E-state index contributed by atoms with van der Waals surface area (Å²) in [5.41, 5.74) is 2.49. The zero-order valence-corrected chi connectivity index (χ0v) is 10.9. The van der Waals surface area contributed by atoms with Crippen molar-refractivity contribution in [2.75, 3.05) is 18.9 Å². The van der Waals surface area contributed by atoms with Gasteiger partial charge in [-0.15, -0.1) is 11.8 Å². The molecule has 3 nitrogen and oxygen atoms in total. The van der Waals surface area contributed by atoms with Gasteiger partial charge in [-0.25, -0.2) is 0 Å². The summed E-state index contributed by atoms with van der Waals surface area (Å²) < 4.78 is 0. The predicted molar refractivity (Wildman–Crippen MR) is 72.1 cm³/mol. The van der Waals surface area contributed by atoms with Crippen molar-refractivity contribution in [2.24, 2.45) is 0 Å². The Morgan fingerprint density at radius 2 is 2.06 bits per heavy atom. The molecule has 0 aliphatic rings. The largest absolute Gasteiger partial charge is 0.396 e. The summed E-state index contributed by atoms with van der Waals surface area (Å²) in [4.78, 5) is 11.3. The zero-order chi connectivity index (χ0) is 12.5. The summed E-state index contributed by atoms with van der Waals surface area (Å²) in [6, 6.07) is 8.34. The standard InChI is InChI=1S/C13H19NO2S/c1-11-3-5-12(6-4-11)9-17-10-13(16)14-7-2-8-15/h3-6,15H,2,7-10H2,1H3,(H,14,16). The van der Waals surface area contributed by atoms with Crippen LogP contribution in [0.15, 0.2) is 24.3 Å². The van der Waals surface area contributed by atoms with E-state index >= 15 is 0 Å². The van der Waals surface area contributed by atoms with Crippen molar-refractivity contribution in [3.63, 3.8) is 0 Å². The molecule has 94 valence electrons. The van der Waals surface area contributed by atoms with E-state index in [0.717, 1.165) is 5.75 Å². The van der Waals surface area contributed by atoms with Crippen LogP contribution in [0.1, 0.15) is 17.5 Å². The smallest absolute Gasteiger partial charge is 0.230 e. The molecule has 0 heterocycles. The van der Waals surface area contributed by atoms with Crippen molar-refractivity contribution >= 4 is 17.7 Å². The molecule has 4 heteroatoms. The van der Waals surface area contributed by atoms with Gasteiger partial charge in [0.25, 0.3) is 0 Å². The second-order valence-electron chi connectivity index (χ2n) is 3.91. The van der Waals surface area contributed by atoms with Crippen LogP contribution in [0.25, 0.3) is 0 Å². The van der Waals surface area contributed by atoms with Crippen LogP contribution in [0, 0.1) is 6.92 Å². The lowest BCUT2D eigenvalue weighted by molar-refractivity contribution is -0.118. The van der Waals surface area contributed by atoms with E-state index in [4.69, 9.17) is 5.11 Å². The maximum absolute atomic E-state index is 11.3. The highest BCUT2D eigenvalue weighted by atomic mass is 32.2. The van der Waals surface area contributed by atoms with Crippen LogP contribution in [-0.2, 0) is 10.5 Å². The van der Waals surface area contributed by atoms with E-state index < -0.39 is 0 Å². The van der Waals surface area contributed by atoms with Crippen molar-refractivity contribution in [3.8, 4) is 0 Å². The van der Waals surface area contributed by atoms with Gasteiger partial charge >= 0.3 is 0 Å². The van der Waals surface area contributed by atoms with Crippen LogP contribution in [0.3, 0.4) is 0 Å². The van der Waals surface area contributed by atoms with E-state index in [1.807, 2.05) is 0 Å². The molecule has 0 saturated carbocycles. The number of amides is 1. The van der Waals surface area contributed by atoms with Gasteiger partial charge in [0.1, 0.15) is 0 Å². The second kappa shape index (κ2) is 8.14. The fourth-order valence-electron chi connectivity index (χ4n) is 1.30. The predicted octanol–water partition coefficient (Wildman–Crippen LogP) is 1.73. The van der Waals surface area contributed by atoms with E-state index in [1.54, 1.807) is 11.8 Å². The Hall–Kier alpha value is -1.00. The average Bonchev–Trinajstić information content (AvgIpc) is 2.32. The Morgan fingerprint density at radius 1 is 1.35 bits per heavy atom. The number of rotatable bonds is 7. The number of benzene rings is 1. The monoisotopic (exact) mass is 253 g/mol. The van der Waals surface area contributed by atoms with Crippen LogP contribution < -0.4 is 5.32 Å². The molecule has 0 aliphatic heterocycles. The Labute approximate surface area is 107 Å². The molecule has 0 aromatic heterocycles. The zero-order valence-electron chi connectivity index (χ0n) is 10.1. The van der Waals surface area contributed by atoms with Crippen LogP contribution in [0.4, 0.5) is 0 Å². The maximum atomic E-state index is 11.3. The van der Waals surface area contributed by atoms with E-state index in [2.05, 4.69) is 36.5 Å². The lowest BCUT2D eigenvalue weighted by Crippen LogP contribution is -2.26. The first-order chi connectivity index (χ1) is 8.22. The summed E-state index contributed by atoms with van der Waals surface area (Å²) in [6.07, 6.45) is 0.619. The molecular weight excluding hydrogens is 234 g/mol. The third-order valence-electron chi connectivity index (χ3n) is 2.28. The number of aliphatic hydroxyl groups is 1. The Morgan fingerprint density at radius 3 is 2.71 bits per heavy atom.